The smallest absolute Gasteiger partial charge is 0.123 e. The summed E-state index contributed by atoms with van der Waals surface area (Å²) in [7, 11) is 0. The van der Waals surface area contributed by atoms with E-state index in [0.717, 1.165) is 24.2 Å². The highest BCUT2D eigenvalue weighted by atomic mass is 15.2. The monoisotopic (exact) mass is 276 g/mol. The third-order valence-corrected chi connectivity index (χ3v) is 3.98. The van der Waals surface area contributed by atoms with Crippen molar-refractivity contribution in [2.75, 3.05) is 5.32 Å². The molecule has 0 radical (unpaired) electrons. The quantitative estimate of drug-likeness (QED) is 0.800. The van der Waals surface area contributed by atoms with Gasteiger partial charge >= 0.3 is 0 Å². The molecule has 1 aromatic heterocycles. The molecule has 21 heavy (non-hydrogen) atoms. The Bertz CT molecular complexity index is 724. The largest absolute Gasteiger partial charge is 0.382 e. The van der Waals surface area contributed by atoms with E-state index in [4.69, 9.17) is 0 Å². The van der Waals surface area contributed by atoms with Crippen LogP contribution in [0.2, 0.25) is 0 Å². The number of nitrogens with one attached hydrogen (secondary N) is 1. The molecule has 0 bridgehead atoms. The average molecular weight is 276 g/mol. The molecule has 1 aliphatic carbocycles. The second-order valence-corrected chi connectivity index (χ2v) is 5.44. The van der Waals surface area contributed by atoms with Gasteiger partial charge in [-0.15, -0.1) is 10.2 Å². The van der Waals surface area contributed by atoms with Crippen LogP contribution in [0.1, 0.15) is 11.1 Å². The van der Waals surface area contributed by atoms with Crippen LogP contribution in [0.3, 0.4) is 0 Å². The number of fused-ring (bicyclic) bond motifs is 1. The summed E-state index contributed by atoms with van der Waals surface area (Å²) in [5.41, 5.74) is 5.13. The summed E-state index contributed by atoms with van der Waals surface area (Å²) in [4.78, 5) is 0. The van der Waals surface area contributed by atoms with E-state index in [1.807, 2.05) is 4.57 Å². The van der Waals surface area contributed by atoms with Crippen LogP contribution >= 0.6 is 0 Å². The van der Waals surface area contributed by atoms with Crippen LogP contribution in [0.15, 0.2) is 61.2 Å². The number of benzene rings is 2. The Kier molecular flexibility index (Phi) is 2.92. The molecule has 3 aromatic rings. The van der Waals surface area contributed by atoms with E-state index in [0.29, 0.717) is 6.04 Å². The van der Waals surface area contributed by atoms with Gasteiger partial charge in [-0.3, -0.25) is 4.57 Å². The van der Waals surface area contributed by atoms with Gasteiger partial charge in [-0.1, -0.05) is 30.3 Å². The molecule has 4 heteroatoms. The van der Waals surface area contributed by atoms with Crippen molar-refractivity contribution in [3.05, 3.63) is 72.3 Å². The van der Waals surface area contributed by atoms with E-state index in [1.165, 1.54) is 11.1 Å². The standard InChI is InChI=1S/C17H16N4/c1-2-5-14-9-16(8-13(14)4-1)20-15-6-3-7-17(10-15)21-11-18-19-12-21/h1-7,10-12,16,20H,8-9H2. The fourth-order valence-corrected chi connectivity index (χ4v) is 2.99. The van der Waals surface area contributed by atoms with Gasteiger partial charge in [-0.25, -0.2) is 0 Å². The summed E-state index contributed by atoms with van der Waals surface area (Å²) in [6, 6.07) is 17.5. The van der Waals surface area contributed by atoms with Crippen molar-refractivity contribution in [1.82, 2.24) is 14.8 Å². The van der Waals surface area contributed by atoms with Gasteiger partial charge in [0.1, 0.15) is 12.7 Å². The van der Waals surface area contributed by atoms with Gasteiger partial charge in [0.15, 0.2) is 0 Å². The molecule has 0 unspecified atom stereocenters. The van der Waals surface area contributed by atoms with Crippen LogP contribution < -0.4 is 5.32 Å². The van der Waals surface area contributed by atoms with Crippen molar-refractivity contribution in [2.45, 2.75) is 18.9 Å². The summed E-state index contributed by atoms with van der Waals surface area (Å²) in [6.07, 6.45) is 5.61. The Hall–Kier alpha value is -2.62. The van der Waals surface area contributed by atoms with Crippen LogP contribution in [0.4, 0.5) is 5.69 Å². The van der Waals surface area contributed by atoms with Crippen molar-refractivity contribution in [1.29, 1.82) is 0 Å². The Morgan fingerprint density at radius 3 is 2.33 bits per heavy atom. The van der Waals surface area contributed by atoms with E-state index in [-0.39, 0.29) is 0 Å². The van der Waals surface area contributed by atoms with Crippen molar-refractivity contribution in [2.24, 2.45) is 0 Å². The van der Waals surface area contributed by atoms with E-state index >= 15 is 0 Å². The highest BCUT2D eigenvalue weighted by Gasteiger charge is 2.20. The SMILES string of the molecule is c1cc(NC2Cc3ccccc3C2)cc(-n2cnnc2)c1. The van der Waals surface area contributed by atoms with Crippen molar-refractivity contribution >= 4 is 5.69 Å². The fourth-order valence-electron chi connectivity index (χ4n) is 2.99. The summed E-state index contributed by atoms with van der Waals surface area (Å²) >= 11 is 0. The first kappa shape index (κ1) is 12.1. The zero-order valence-corrected chi connectivity index (χ0v) is 11.6. The molecule has 4 rings (SSSR count). The lowest BCUT2D eigenvalue weighted by Gasteiger charge is -2.14. The van der Waals surface area contributed by atoms with Gasteiger partial charge in [0, 0.05) is 11.7 Å². The third kappa shape index (κ3) is 2.40. The number of nitrogens with zero attached hydrogens (tertiary/aromatic N) is 3. The van der Waals surface area contributed by atoms with Gasteiger partial charge in [0.2, 0.25) is 0 Å². The van der Waals surface area contributed by atoms with E-state index in [9.17, 15) is 0 Å². The van der Waals surface area contributed by atoms with E-state index in [2.05, 4.69) is 64.0 Å². The van der Waals surface area contributed by atoms with Crippen molar-refractivity contribution in [3.8, 4) is 5.69 Å². The lowest BCUT2D eigenvalue weighted by atomic mass is 10.1. The molecule has 4 nitrogen and oxygen atoms in total. The highest BCUT2D eigenvalue weighted by molar-refractivity contribution is 5.52. The van der Waals surface area contributed by atoms with Crippen LogP contribution in [0.25, 0.3) is 5.69 Å². The zero-order chi connectivity index (χ0) is 14.1. The maximum Gasteiger partial charge on any atom is 0.123 e. The van der Waals surface area contributed by atoms with Crippen LogP contribution in [0, 0.1) is 0 Å². The maximum atomic E-state index is 3.85. The first-order valence-corrected chi connectivity index (χ1v) is 7.17. The first-order valence-electron chi connectivity index (χ1n) is 7.17. The topological polar surface area (TPSA) is 42.7 Å². The predicted octanol–water partition coefficient (Wildman–Crippen LogP) is 2.85. The Morgan fingerprint density at radius 1 is 0.905 bits per heavy atom. The predicted molar refractivity (Wildman–Crippen MR) is 82.6 cm³/mol. The van der Waals surface area contributed by atoms with Crippen LogP contribution in [-0.2, 0) is 12.8 Å². The molecular weight excluding hydrogens is 260 g/mol. The number of hydrogen-bond acceptors (Lipinski definition) is 3. The third-order valence-electron chi connectivity index (χ3n) is 3.98. The summed E-state index contributed by atoms with van der Waals surface area (Å²) in [5.74, 6) is 0. The van der Waals surface area contributed by atoms with Crippen molar-refractivity contribution < 1.29 is 0 Å². The molecule has 0 amide bonds. The molecule has 1 heterocycles. The van der Waals surface area contributed by atoms with E-state index < -0.39 is 0 Å². The summed E-state index contributed by atoms with van der Waals surface area (Å²) in [6.45, 7) is 0. The van der Waals surface area contributed by atoms with Gasteiger partial charge in [0.05, 0.1) is 5.69 Å². The lowest BCUT2D eigenvalue weighted by molar-refractivity contribution is 0.774. The van der Waals surface area contributed by atoms with E-state index in [1.54, 1.807) is 12.7 Å². The maximum absolute atomic E-state index is 3.85. The summed E-state index contributed by atoms with van der Waals surface area (Å²) in [5, 5.41) is 11.3. The van der Waals surface area contributed by atoms with Gasteiger partial charge in [-0.2, -0.15) is 0 Å². The molecule has 0 saturated heterocycles. The minimum absolute atomic E-state index is 0.471. The molecule has 0 fully saturated rings. The van der Waals surface area contributed by atoms with Crippen molar-refractivity contribution in [3.63, 3.8) is 0 Å². The highest BCUT2D eigenvalue weighted by Crippen LogP contribution is 2.25. The van der Waals surface area contributed by atoms with Crippen LogP contribution in [-0.4, -0.2) is 20.8 Å². The normalized spacial score (nSPS) is 14.1. The molecule has 0 atom stereocenters. The number of hydrogen-bond donors (Lipinski definition) is 1. The van der Waals surface area contributed by atoms with Gasteiger partial charge < -0.3 is 5.32 Å². The first-order chi connectivity index (χ1) is 10.4. The minimum atomic E-state index is 0.471. The Labute approximate surface area is 123 Å². The average Bonchev–Trinajstić information content (AvgIpc) is 3.16. The van der Waals surface area contributed by atoms with Gasteiger partial charge in [0.25, 0.3) is 0 Å². The Morgan fingerprint density at radius 2 is 1.62 bits per heavy atom. The number of aromatic nitrogens is 3. The van der Waals surface area contributed by atoms with Crippen LogP contribution in [0.5, 0.6) is 0 Å². The molecule has 0 spiro atoms. The number of anilines is 1. The summed E-state index contributed by atoms with van der Waals surface area (Å²) < 4.78 is 1.91. The Balaban J connectivity index is 1.53. The minimum Gasteiger partial charge on any atom is -0.382 e. The lowest BCUT2D eigenvalue weighted by Crippen LogP contribution is -2.19. The fraction of sp³-hybridized carbons (Fsp3) is 0.176. The molecule has 104 valence electrons. The molecule has 1 aliphatic rings. The molecule has 1 N–H and O–H groups in total. The number of rotatable bonds is 3. The molecule has 0 aliphatic heterocycles. The second kappa shape index (κ2) is 5.05. The molecule has 2 aromatic carbocycles. The molecule has 0 saturated carbocycles. The molecular formula is C17H16N4. The second-order valence-electron chi connectivity index (χ2n) is 5.44. The zero-order valence-electron chi connectivity index (χ0n) is 11.6. The van der Waals surface area contributed by atoms with Gasteiger partial charge in [-0.05, 0) is 42.2 Å².